The Balaban J connectivity index is 0.00000261. The van der Waals surface area contributed by atoms with E-state index in [2.05, 4.69) is 33.4 Å². The molecule has 0 spiro atoms. The minimum atomic E-state index is -0.261. The first-order chi connectivity index (χ1) is 12.5. The fourth-order valence-corrected chi connectivity index (χ4v) is 2.88. The first-order valence-corrected chi connectivity index (χ1v) is 8.78. The summed E-state index contributed by atoms with van der Waals surface area (Å²) in [5.74, 6) is -0.137. The van der Waals surface area contributed by atoms with Crippen LogP contribution in [-0.4, -0.2) is 18.0 Å². The third-order valence-corrected chi connectivity index (χ3v) is 4.18. The molecule has 27 heavy (non-hydrogen) atoms. The highest BCUT2D eigenvalue weighted by Crippen LogP contribution is 2.17. The molecule has 3 rings (SSSR count). The maximum Gasteiger partial charge on any atom is 0.319 e. The largest absolute Gasteiger partial charge is 0.348 e. The highest BCUT2D eigenvalue weighted by Gasteiger charge is 2.11. The number of rotatable bonds is 5. The number of carbonyl (C=O) groups excluding carboxylic acids is 2. The molecule has 0 atom stereocenters. The number of hydrogen-bond acceptors (Lipinski definition) is 3. The van der Waals surface area contributed by atoms with Crippen molar-refractivity contribution in [1.82, 2.24) is 16.0 Å². The molecule has 0 unspecified atom stereocenters. The van der Waals surface area contributed by atoms with Crippen molar-refractivity contribution in [2.45, 2.75) is 39.5 Å². The number of benzene rings is 2. The molecule has 0 saturated carbocycles. The number of anilines is 1. The van der Waals surface area contributed by atoms with Crippen molar-refractivity contribution in [3.63, 3.8) is 0 Å². The van der Waals surface area contributed by atoms with Crippen LogP contribution in [0.2, 0.25) is 0 Å². The summed E-state index contributed by atoms with van der Waals surface area (Å²) < 4.78 is 0. The van der Waals surface area contributed by atoms with Crippen LogP contribution in [0.4, 0.5) is 10.5 Å². The molecule has 7 heteroatoms. The molecule has 0 aromatic heterocycles. The lowest BCUT2D eigenvalue weighted by Crippen LogP contribution is -2.34. The summed E-state index contributed by atoms with van der Waals surface area (Å²) in [6.07, 6.45) is 0. The lowest BCUT2D eigenvalue weighted by atomic mass is 10.1. The van der Waals surface area contributed by atoms with E-state index in [0.29, 0.717) is 17.8 Å². The smallest absolute Gasteiger partial charge is 0.319 e. The summed E-state index contributed by atoms with van der Waals surface area (Å²) in [5, 5.41) is 11.7. The molecule has 1 heterocycles. The minimum absolute atomic E-state index is 0. The van der Waals surface area contributed by atoms with Gasteiger partial charge in [-0.2, -0.15) is 0 Å². The van der Waals surface area contributed by atoms with E-state index in [4.69, 9.17) is 0 Å². The lowest BCUT2D eigenvalue weighted by Gasteiger charge is -2.11. The van der Waals surface area contributed by atoms with Crippen LogP contribution in [0.15, 0.2) is 42.5 Å². The van der Waals surface area contributed by atoms with E-state index in [1.54, 1.807) is 24.3 Å². The summed E-state index contributed by atoms with van der Waals surface area (Å²) in [4.78, 5) is 24.0. The first-order valence-electron chi connectivity index (χ1n) is 8.78. The van der Waals surface area contributed by atoms with Gasteiger partial charge in [0.05, 0.1) is 0 Å². The highest BCUT2D eigenvalue weighted by atomic mass is 35.5. The van der Waals surface area contributed by atoms with Gasteiger partial charge in [-0.25, -0.2) is 4.79 Å². The SMILES string of the molecule is CC(C)NC(=O)Nc1ccc(C(=O)NCc2ccc3c(c2)CNC3)cc1.Cl. The van der Waals surface area contributed by atoms with Crippen LogP contribution in [0, 0.1) is 0 Å². The minimum Gasteiger partial charge on any atom is -0.348 e. The van der Waals surface area contributed by atoms with Crippen molar-refractivity contribution in [2.75, 3.05) is 5.32 Å². The Morgan fingerprint density at radius 1 is 1.04 bits per heavy atom. The van der Waals surface area contributed by atoms with Crippen LogP contribution in [-0.2, 0) is 19.6 Å². The zero-order chi connectivity index (χ0) is 18.5. The van der Waals surface area contributed by atoms with Gasteiger partial charge in [0.1, 0.15) is 0 Å². The van der Waals surface area contributed by atoms with Crippen molar-refractivity contribution >= 4 is 30.0 Å². The molecule has 1 aliphatic rings. The molecule has 3 amide bonds. The van der Waals surface area contributed by atoms with Crippen LogP contribution in [0.25, 0.3) is 0 Å². The van der Waals surface area contributed by atoms with E-state index in [1.165, 1.54) is 11.1 Å². The van der Waals surface area contributed by atoms with E-state index >= 15 is 0 Å². The quantitative estimate of drug-likeness (QED) is 0.635. The van der Waals surface area contributed by atoms with Crippen LogP contribution >= 0.6 is 12.4 Å². The molecule has 0 bridgehead atoms. The van der Waals surface area contributed by atoms with Crippen molar-refractivity contribution in [2.24, 2.45) is 0 Å². The third-order valence-electron chi connectivity index (χ3n) is 4.18. The van der Waals surface area contributed by atoms with Crippen LogP contribution in [0.3, 0.4) is 0 Å². The van der Waals surface area contributed by atoms with Gasteiger partial charge in [-0.05, 0) is 54.8 Å². The number of carbonyl (C=O) groups is 2. The first kappa shape index (κ1) is 20.7. The molecule has 2 aromatic carbocycles. The summed E-state index contributed by atoms with van der Waals surface area (Å²) in [6.45, 7) is 6.07. The molecular weight excluding hydrogens is 364 g/mol. The van der Waals surface area contributed by atoms with E-state index in [-0.39, 0.29) is 30.4 Å². The summed E-state index contributed by atoms with van der Waals surface area (Å²) in [6, 6.07) is 12.9. The Morgan fingerprint density at radius 2 is 1.74 bits per heavy atom. The predicted octanol–water partition coefficient (Wildman–Crippen LogP) is 3.17. The molecule has 4 N–H and O–H groups in total. The van der Waals surface area contributed by atoms with Gasteiger partial charge in [0, 0.05) is 36.9 Å². The molecular formula is C20H25ClN4O2. The van der Waals surface area contributed by atoms with Gasteiger partial charge in [0.25, 0.3) is 5.91 Å². The van der Waals surface area contributed by atoms with Crippen molar-refractivity contribution < 1.29 is 9.59 Å². The molecule has 6 nitrogen and oxygen atoms in total. The normalized spacial score (nSPS) is 12.1. The van der Waals surface area contributed by atoms with E-state index in [1.807, 2.05) is 19.9 Å². The average Bonchev–Trinajstić information content (AvgIpc) is 3.07. The monoisotopic (exact) mass is 388 g/mol. The molecule has 1 aliphatic heterocycles. The van der Waals surface area contributed by atoms with Gasteiger partial charge in [-0.1, -0.05) is 18.2 Å². The number of urea groups is 1. The highest BCUT2D eigenvalue weighted by molar-refractivity contribution is 5.95. The Bertz CT molecular complexity index is 806. The van der Waals surface area contributed by atoms with Gasteiger partial charge in [-0.3, -0.25) is 4.79 Å². The van der Waals surface area contributed by atoms with Crippen LogP contribution in [0.5, 0.6) is 0 Å². The van der Waals surface area contributed by atoms with Crippen molar-refractivity contribution in [1.29, 1.82) is 0 Å². The van der Waals surface area contributed by atoms with Crippen molar-refractivity contribution in [3.05, 3.63) is 64.7 Å². The second kappa shape index (κ2) is 9.39. The standard InChI is InChI=1S/C20H24N4O2.ClH/c1-13(2)23-20(26)24-18-7-5-15(6-8-18)19(25)22-10-14-3-4-16-11-21-12-17(16)9-14;/h3-9,13,21H,10-12H2,1-2H3,(H,22,25)(H2,23,24,26);1H. The number of halogens is 1. The molecule has 2 aromatic rings. The molecule has 0 radical (unpaired) electrons. The second-order valence-corrected chi connectivity index (χ2v) is 6.72. The van der Waals surface area contributed by atoms with Gasteiger partial charge in [-0.15, -0.1) is 12.4 Å². The average molecular weight is 389 g/mol. The number of amides is 3. The van der Waals surface area contributed by atoms with Gasteiger partial charge in [0.2, 0.25) is 0 Å². The predicted molar refractivity (Wildman–Crippen MR) is 109 cm³/mol. The van der Waals surface area contributed by atoms with Gasteiger partial charge < -0.3 is 21.3 Å². The zero-order valence-corrected chi connectivity index (χ0v) is 16.3. The Labute approximate surface area is 165 Å². The summed E-state index contributed by atoms with van der Waals surface area (Å²) >= 11 is 0. The molecule has 0 saturated heterocycles. The van der Waals surface area contributed by atoms with Gasteiger partial charge in [0.15, 0.2) is 0 Å². The Kier molecular flexibility index (Phi) is 7.21. The number of nitrogens with one attached hydrogen (secondary N) is 4. The zero-order valence-electron chi connectivity index (χ0n) is 15.5. The lowest BCUT2D eigenvalue weighted by molar-refractivity contribution is 0.0951. The van der Waals surface area contributed by atoms with Crippen molar-refractivity contribution in [3.8, 4) is 0 Å². The number of hydrogen-bond donors (Lipinski definition) is 4. The third kappa shape index (κ3) is 5.70. The maximum absolute atomic E-state index is 12.3. The van der Waals surface area contributed by atoms with Gasteiger partial charge >= 0.3 is 6.03 Å². The topological polar surface area (TPSA) is 82.3 Å². The molecule has 144 valence electrons. The van der Waals surface area contributed by atoms with Crippen LogP contribution in [0.1, 0.15) is 40.9 Å². The Hall–Kier alpha value is -2.57. The fraction of sp³-hybridized carbons (Fsp3) is 0.300. The van der Waals surface area contributed by atoms with E-state index < -0.39 is 0 Å². The number of fused-ring (bicyclic) bond motifs is 1. The summed E-state index contributed by atoms with van der Waals surface area (Å²) in [5.41, 5.74) is 4.91. The molecule has 0 aliphatic carbocycles. The summed E-state index contributed by atoms with van der Waals surface area (Å²) in [7, 11) is 0. The van der Waals surface area contributed by atoms with E-state index in [9.17, 15) is 9.59 Å². The second-order valence-electron chi connectivity index (χ2n) is 6.72. The Morgan fingerprint density at radius 3 is 2.44 bits per heavy atom. The van der Waals surface area contributed by atoms with Crippen LogP contribution < -0.4 is 21.3 Å². The fourth-order valence-electron chi connectivity index (χ4n) is 2.88. The maximum atomic E-state index is 12.3. The molecule has 0 fully saturated rings. The van der Waals surface area contributed by atoms with E-state index in [0.717, 1.165) is 18.7 Å².